The van der Waals surface area contributed by atoms with E-state index in [1.54, 1.807) is 0 Å². The molecule has 1 atom stereocenters. The lowest BCUT2D eigenvalue weighted by Crippen LogP contribution is -2.37. The van der Waals surface area contributed by atoms with Gasteiger partial charge in [-0.25, -0.2) is 9.55 Å². The molecule has 64 valence electrons. The van der Waals surface area contributed by atoms with Crippen molar-refractivity contribution in [3.63, 3.8) is 0 Å². The predicted molar refractivity (Wildman–Crippen MR) is 53.0 cm³/mol. The van der Waals surface area contributed by atoms with Crippen molar-refractivity contribution in [3.8, 4) is 0 Å². The molecule has 1 aromatic heterocycles. The summed E-state index contributed by atoms with van der Waals surface area (Å²) in [5.74, 6) is 1.12. The van der Waals surface area contributed by atoms with Crippen LogP contribution >= 0.6 is 15.9 Å². The summed E-state index contributed by atoms with van der Waals surface area (Å²) in [4.78, 5) is 3.29. The minimum Gasteiger partial charge on any atom is -0.247 e. The molecule has 0 spiro atoms. The smallest absolute Gasteiger partial charge is 0.247 e. The molecule has 1 aromatic rings. The van der Waals surface area contributed by atoms with Gasteiger partial charge in [-0.1, -0.05) is 12.7 Å². The van der Waals surface area contributed by atoms with Crippen LogP contribution in [0.25, 0.3) is 0 Å². The molecule has 1 N–H and O–H groups in total. The summed E-state index contributed by atoms with van der Waals surface area (Å²) in [7, 11) is 0. The van der Waals surface area contributed by atoms with Crippen molar-refractivity contribution in [2.24, 2.45) is 0 Å². The fraction of sp³-hybridized carbons (Fsp3) is 0.222. The number of alkyl halides is 1. The molecule has 0 bridgehead atoms. The second kappa shape index (κ2) is 4.26. The summed E-state index contributed by atoms with van der Waals surface area (Å²) < 4.78 is 2.06. The summed E-state index contributed by atoms with van der Waals surface area (Å²) in [6, 6.07) is 0. The van der Waals surface area contributed by atoms with Crippen LogP contribution < -0.4 is 4.57 Å². The molecule has 0 aromatic carbocycles. The van der Waals surface area contributed by atoms with E-state index in [9.17, 15) is 0 Å². The molecular weight excluding hydrogens is 216 g/mol. The summed E-state index contributed by atoms with van der Waals surface area (Å²) in [6.07, 6.45) is 8.41. The molecule has 0 fully saturated rings. The number of H-pyrrole nitrogens is 1. The summed E-state index contributed by atoms with van der Waals surface area (Å²) in [5, 5.41) is 0. The number of imidazole rings is 1. The van der Waals surface area contributed by atoms with Crippen LogP contribution in [-0.4, -0.2) is 4.98 Å². The molecule has 0 aliphatic rings. The zero-order chi connectivity index (χ0) is 8.97. The van der Waals surface area contributed by atoms with Gasteiger partial charge in [0.2, 0.25) is 0 Å². The van der Waals surface area contributed by atoms with E-state index in [-0.39, 0.29) is 4.95 Å². The molecule has 0 amide bonds. The van der Waals surface area contributed by atoms with E-state index in [4.69, 9.17) is 0 Å². The standard InChI is InChI=1S/C9H11BrN2/c1-3-5-9-11-6-7-12(9)8(10)4-2/h3-4,6-8H,1-2,5H2/p+1. The number of nitrogens with one attached hydrogen (secondary N) is 1. The van der Waals surface area contributed by atoms with Gasteiger partial charge in [-0.3, -0.25) is 0 Å². The maximum absolute atomic E-state index is 3.71. The average Bonchev–Trinajstić information content (AvgIpc) is 2.52. The van der Waals surface area contributed by atoms with Gasteiger partial charge in [-0.05, 0) is 22.0 Å². The molecule has 0 aliphatic heterocycles. The van der Waals surface area contributed by atoms with E-state index >= 15 is 0 Å². The van der Waals surface area contributed by atoms with E-state index in [2.05, 4.69) is 38.6 Å². The highest BCUT2D eigenvalue weighted by Gasteiger charge is 2.13. The normalized spacial score (nSPS) is 12.4. The molecule has 1 unspecified atom stereocenters. The number of halogens is 1. The Labute approximate surface area is 80.7 Å². The number of nitrogens with zero attached hydrogens (tertiary/aromatic N) is 1. The zero-order valence-corrected chi connectivity index (χ0v) is 8.42. The molecule has 12 heavy (non-hydrogen) atoms. The Balaban J connectivity index is 2.89. The first-order chi connectivity index (χ1) is 5.79. The first kappa shape index (κ1) is 9.26. The first-order valence-corrected chi connectivity index (χ1v) is 4.66. The lowest BCUT2D eigenvalue weighted by atomic mass is 10.4. The van der Waals surface area contributed by atoms with Gasteiger partial charge in [0.05, 0.1) is 6.42 Å². The Morgan fingerprint density at radius 2 is 2.42 bits per heavy atom. The molecule has 0 saturated heterocycles. The minimum atomic E-state index is 0.152. The van der Waals surface area contributed by atoms with Crippen LogP contribution in [0.15, 0.2) is 37.7 Å². The second-order valence-electron chi connectivity index (χ2n) is 2.42. The van der Waals surface area contributed by atoms with Gasteiger partial charge in [0, 0.05) is 0 Å². The topological polar surface area (TPSA) is 19.7 Å². The quantitative estimate of drug-likeness (QED) is 0.462. The lowest BCUT2D eigenvalue weighted by molar-refractivity contribution is -0.693. The Hall–Kier alpha value is -0.830. The number of hydrogen-bond acceptors (Lipinski definition) is 0. The van der Waals surface area contributed by atoms with Gasteiger partial charge in [0.25, 0.3) is 5.82 Å². The number of allylic oxidation sites excluding steroid dienone is 2. The molecule has 1 heterocycles. The highest BCUT2D eigenvalue weighted by molar-refractivity contribution is 9.09. The van der Waals surface area contributed by atoms with Crippen LogP contribution in [-0.2, 0) is 6.42 Å². The number of hydrogen-bond donors (Lipinski definition) is 1. The third-order valence-corrected chi connectivity index (χ3v) is 2.41. The summed E-state index contributed by atoms with van der Waals surface area (Å²) in [5.41, 5.74) is 0. The van der Waals surface area contributed by atoms with Crippen molar-refractivity contribution < 1.29 is 4.57 Å². The Morgan fingerprint density at radius 3 is 3.00 bits per heavy atom. The number of aromatic amines is 1. The van der Waals surface area contributed by atoms with Crippen molar-refractivity contribution in [1.29, 1.82) is 0 Å². The molecule has 0 saturated carbocycles. The van der Waals surface area contributed by atoms with Crippen molar-refractivity contribution in [2.75, 3.05) is 0 Å². The lowest BCUT2D eigenvalue weighted by Gasteiger charge is -2.00. The average molecular weight is 228 g/mol. The van der Waals surface area contributed by atoms with Gasteiger partial charge in [-0.15, -0.1) is 6.58 Å². The van der Waals surface area contributed by atoms with Crippen molar-refractivity contribution in [2.45, 2.75) is 11.4 Å². The van der Waals surface area contributed by atoms with Gasteiger partial charge < -0.3 is 0 Å². The number of rotatable bonds is 4. The van der Waals surface area contributed by atoms with Gasteiger partial charge >= 0.3 is 0 Å². The minimum absolute atomic E-state index is 0.152. The largest absolute Gasteiger partial charge is 0.259 e. The van der Waals surface area contributed by atoms with Crippen LogP contribution in [0.4, 0.5) is 0 Å². The van der Waals surface area contributed by atoms with Gasteiger partial charge in [-0.2, -0.15) is 0 Å². The van der Waals surface area contributed by atoms with E-state index in [1.165, 1.54) is 0 Å². The summed E-state index contributed by atoms with van der Waals surface area (Å²) in [6.45, 7) is 7.40. The number of aromatic nitrogens is 2. The van der Waals surface area contributed by atoms with Crippen molar-refractivity contribution >= 4 is 15.9 Å². The van der Waals surface area contributed by atoms with E-state index in [0.717, 1.165) is 12.2 Å². The van der Waals surface area contributed by atoms with Crippen LogP contribution in [0.2, 0.25) is 0 Å². The van der Waals surface area contributed by atoms with Crippen LogP contribution in [0.3, 0.4) is 0 Å². The third-order valence-electron chi connectivity index (χ3n) is 1.59. The highest BCUT2D eigenvalue weighted by atomic mass is 79.9. The maximum atomic E-state index is 3.71. The first-order valence-electron chi connectivity index (χ1n) is 3.74. The summed E-state index contributed by atoms with van der Waals surface area (Å²) >= 11 is 3.48. The molecule has 0 aliphatic carbocycles. The Kier molecular flexibility index (Phi) is 3.29. The fourth-order valence-corrected chi connectivity index (χ4v) is 1.41. The Bertz CT molecular complexity index is 278. The van der Waals surface area contributed by atoms with E-state index in [1.807, 2.05) is 24.5 Å². The van der Waals surface area contributed by atoms with Crippen molar-refractivity contribution in [3.05, 3.63) is 43.5 Å². The van der Waals surface area contributed by atoms with Crippen LogP contribution in [0.5, 0.6) is 0 Å². The van der Waals surface area contributed by atoms with E-state index < -0.39 is 0 Å². The van der Waals surface area contributed by atoms with Crippen LogP contribution in [0.1, 0.15) is 10.8 Å². The fourth-order valence-electron chi connectivity index (χ4n) is 1.02. The van der Waals surface area contributed by atoms with Crippen LogP contribution in [0, 0.1) is 0 Å². The maximum Gasteiger partial charge on any atom is 0.259 e. The molecule has 2 nitrogen and oxygen atoms in total. The van der Waals surface area contributed by atoms with Gasteiger partial charge in [0.15, 0.2) is 4.95 Å². The molecule has 1 rings (SSSR count). The van der Waals surface area contributed by atoms with Crippen molar-refractivity contribution in [1.82, 2.24) is 4.98 Å². The Morgan fingerprint density at radius 1 is 1.67 bits per heavy atom. The molecular formula is C9H12BrN2+. The molecule has 0 radical (unpaired) electrons. The van der Waals surface area contributed by atoms with E-state index in [0.29, 0.717) is 0 Å². The zero-order valence-electron chi connectivity index (χ0n) is 6.83. The second-order valence-corrected chi connectivity index (χ2v) is 3.35. The molecule has 3 heteroatoms. The highest BCUT2D eigenvalue weighted by Crippen LogP contribution is 2.08. The third kappa shape index (κ3) is 1.85. The SMILES string of the molecule is C=CCc1[nH]cc[n+]1C(Br)C=C. The monoisotopic (exact) mass is 227 g/mol. The van der Waals surface area contributed by atoms with Gasteiger partial charge in [0.1, 0.15) is 12.4 Å². The predicted octanol–water partition coefficient (Wildman–Crippen LogP) is 2.11.